The van der Waals surface area contributed by atoms with Crippen LogP contribution in [0.25, 0.3) is 0 Å². The number of rotatable bonds is 5. The van der Waals surface area contributed by atoms with Gasteiger partial charge in [0.15, 0.2) is 0 Å². The molecule has 0 aliphatic carbocycles. The summed E-state index contributed by atoms with van der Waals surface area (Å²) in [4.78, 5) is 25.2. The van der Waals surface area contributed by atoms with Gasteiger partial charge in [-0.2, -0.15) is 0 Å². The number of hydrogen-bond donors (Lipinski definition) is 1. The second kappa shape index (κ2) is 7.98. The molecule has 1 aromatic rings. The fourth-order valence-corrected chi connectivity index (χ4v) is 3.03. The molecule has 1 aromatic carbocycles. The highest BCUT2D eigenvalue weighted by atomic mass is 16.6. The van der Waals surface area contributed by atoms with Crippen molar-refractivity contribution < 1.29 is 24.2 Å². The minimum atomic E-state index is -1.04. The largest absolute Gasteiger partial charge is 0.488 e. The molecule has 26 heavy (non-hydrogen) atoms. The summed E-state index contributed by atoms with van der Waals surface area (Å²) in [6, 6.07) is 6.85. The highest BCUT2D eigenvalue weighted by molar-refractivity contribution is 5.81. The van der Waals surface area contributed by atoms with E-state index < -0.39 is 23.7 Å². The summed E-state index contributed by atoms with van der Waals surface area (Å²) in [7, 11) is 0. The van der Waals surface area contributed by atoms with E-state index in [9.17, 15) is 14.7 Å². The summed E-state index contributed by atoms with van der Waals surface area (Å²) in [5.41, 5.74) is 0.417. The van der Waals surface area contributed by atoms with Crippen molar-refractivity contribution in [2.45, 2.75) is 71.1 Å². The number of carboxylic acid groups (broad SMARTS) is 1. The lowest BCUT2D eigenvalue weighted by atomic mass is 9.98. The number of aliphatic carboxylic acids is 1. The van der Waals surface area contributed by atoms with E-state index in [2.05, 4.69) is 13.8 Å². The Morgan fingerprint density at radius 1 is 1.31 bits per heavy atom. The maximum absolute atomic E-state index is 12.4. The van der Waals surface area contributed by atoms with E-state index in [1.165, 1.54) is 4.90 Å². The van der Waals surface area contributed by atoms with E-state index in [4.69, 9.17) is 9.47 Å². The topological polar surface area (TPSA) is 76.1 Å². The molecule has 3 atom stereocenters. The van der Waals surface area contributed by atoms with Crippen molar-refractivity contribution in [2.75, 3.05) is 6.54 Å². The van der Waals surface area contributed by atoms with Gasteiger partial charge in [-0.1, -0.05) is 32.0 Å². The van der Waals surface area contributed by atoms with Crippen molar-refractivity contribution in [3.8, 4) is 5.75 Å². The van der Waals surface area contributed by atoms with Crippen LogP contribution in [0.15, 0.2) is 24.3 Å². The van der Waals surface area contributed by atoms with Crippen molar-refractivity contribution in [2.24, 2.45) is 0 Å². The van der Waals surface area contributed by atoms with Gasteiger partial charge in [-0.25, -0.2) is 9.59 Å². The van der Waals surface area contributed by atoms with Gasteiger partial charge in [0, 0.05) is 6.42 Å². The number of amides is 1. The second-order valence-electron chi connectivity index (χ2n) is 7.81. The molecule has 1 aliphatic heterocycles. The highest BCUT2D eigenvalue weighted by Crippen LogP contribution is 2.32. The van der Waals surface area contributed by atoms with Crippen LogP contribution in [-0.2, 0) is 9.53 Å². The molecule has 2 rings (SSSR count). The van der Waals surface area contributed by atoms with E-state index in [0.717, 1.165) is 17.7 Å². The number of ether oxygens (including phenoxy) is 2. The number of para-hydroxylation sites is 1. The van der Waals surface area contributed by atoms with Crippen molar-refractivity contribution in [1.29, 1.82) is 0 Å². The summed E-state index contributed by atoms with van der Waals surface area (Å²) in [6.45, 7) is 9.71. The van der Waals surface area contributed by atoms with E-state index in [0.29, 0.717) is 5.92 Å². The van der Waals surface area contributed by atoms with E-state index in [1.807, 2.05) is 24.3 Å². The van der Waals surface area contributed by atoms with Crippen molar-refractivity contribution >= 4 is 12.1 Å². The maximum Gasteiger partial charge on any atom is 0.411 e. The molecule has 0 saturated carbocycles. The van der Waals surface area contributed by atoms with Crippen LogP contribution in [0.1, 0.15) is 58.9 Å². The zero-order chi connectivity index (χ0) is 19.5. The molecule has 1 N–H and O–H groups in total. The number of hydrogen-bond acceptors (Lipinski definition) is 4. The monoisotopic (exact) mass is 363 g/mol. The third kappa shape index (κ3) is 4.90. The quantitative estimate of drug-likeness (QED) is 0.854. The molecular weight excluding hydrogens is 334 g/mol. The molecule has 0 spiro atoms. The first-order valence-electron chi connectivity index (χ1n) is 9.10. The Labute approximate surface area is 155 Å². The van der Waals surface area contributed by atoms with Crippen molar-refractivity contribution in [3.63, 3.8) is 0 Å². The first-order chi connectivity index (χ1) is 12.1. The number of nitrogens with zero attached hydrogens (tertiary/aromatic N) is 1. The molecule has 1 fully saturated rings. The predicted octanol–water partition coefficient (Wildman–Crippen LogP) is 4.04. The Morgan fingerprint density at radius 3 is 2.54 bits per heavy atom. The third-order valence-corrected chi connectivity index (χ3v) is 4.53. The van der Waals surface area contributed by atoms with Gasteiger partial charge in [0.1, 0.15) is 23.5 Å². The van der Waals surface area contributed by atoms with Gasteiger partial charge in [-0.3, -0.25) is 4.90 Å². The summed E-state index contributed by atoms with van der Waals surface area (Å²) < 4.78 is 11.5. The summed E-state index contributed by atoms with van der Waals surface area (Å²) >= 11 is 0. The van der Waals surface area contributed by atoms with Crippen LogP contribution in [-0.4, -0.2) is 46.4 Å². The molecule has 0 bridgehead atoms. The lowest BCUT2D eigenvalue weighted by molar-refractivity contribution is -0.142. The molecule has 6 nitrogen and oxygen atoms in total. The van der Waals surface area contributed by atoms with E-state index in [1.54, 1.807) is 20.8 Å². The van der Waals surface area contributed by atoms with Crippen LogP contribution in [0.4, 0.5) is 4.79 Å². The molecule has 1 saturated heterocycles. The lowest BCUT2D eigenvalue weighted by Crippen LogP contribution is -2.43. The first kappa shape index (κ1) is 20.1. The molecular formula is C20H29NO5. The minimum Gasteiger partial charge on any atom is -0.488 e. The van der Waals surface area contributed by atoms with E-state index in [-0.39, 0.29) is 19.1 Å². The first-order valence-corrected chi connectivity index (χ1v) is 9.10. The Bertz CT molecular complexity index is 652. The summed E-state index contributed by atoms with van der Waals surface area (Å²) in [5.74, 6) is 0.0454. The van der Waals surface area contributed by atoms with Gasteiger partial charge in [-0.15, -0.1) is 0 Å². The molecule has 0 aromatic heterocycles. The molecule has 0 radical (unpaired) electrons. The van der Waals surface area contributed by atoms with Crippen molar-refractivity contribution in [3.05, 3.63) is 29.8 Å². The van der Waals surface area contributed by atoms with Gasteiger partial charge < -0.3 is 14.6 Å². The van der Waals surface area contributed by atoms with E-state index >= 15 is 0 Å². The molecule has 1 heterocycles. The van der Waals surface area contributed by atoms with Crippen LogP contribution >= 0.6 is 0 Å². The fraction of sp³-hybridized carbons (Fsp3) is 0.600. The molecule has 1 aliphatic rings. The standard InChI is InChI=1S/C20H29NO5/c1-6-13(2)15-9-7-8-10-17(15)25-14-11-16(18(22)23)21(12-14)19(24)26-20(3,4)5/h7-10,13-14,16H,6,11-12H2,1-5H3,(H,22,23)/t13?,14-,16-/m1/s1. The zero-order valence-corrected chi connectivity index (χ0v) is 16.2. The SMILES string of the molecule is CCC(C)c1ccccc1O[C@@H]1C[C@H](C(=O)O)N(C(=O)OC(C)(C)C)C1. The average molecular weight is 363 g/mol. The van der Waals surface area contributed by atoms with Crippen LogP contribution in [0, 0.1) is 0 Å². The van der Waals surface area contributed by atoms with Crippen molar-refractivity contribution in [1.82, 2.24) is 4.90 Å². The highest BCUT2D eigenvalue weighted by Gasteiger charge is 2.42. The second-order valence-corrected chi connectivity index (χ2v) is 7.81. The Balaban J connectivity index is 2.15. The lowest BCUT2D eigenvalue weighted by Gasteiger charge is -2.26. The van der Waals surface area contributed by atoms with Crippen LogP contribution in [0.3, 0.4) is 0 Å². The van der Waals surface area contributed by atoms with Crippen LogP contribution < -0.4 is 4.74 Å². The summed E-state index contributed by atoms with van der Waals surface area (Å²) in [5, 5.41) is 9.49. The zero-order valence-electron chi connectivity index (χ0n) is 16.2. The third-order valence-electron chi connectivity index (χ3n) is 4.53. The summed E-state index contributed by atoms with van der Waals surface area (Å²) in [6.07, 6.45) is 0.219. The normalized spacial score (nSPS) is 21.3. The molecule has 6 heteroatoms. The van der Waals surface area contributed by atoms with Gasteiger partial charge in [0.2, 0.25) is 0 Å². The Kier molecular flexibility index (Phi) is 6.16. The molecule has 1 unspecified atom stereocenters. The Morgan fingerprint density at radius 2 is 1.96 bits per heavy atom. The van der Waals surface area contributed by atoms with Gasteiger partial charge >= 0.3 is 12.1 Å². The number of carbonyl (C=O) groups is 2. The van der Waals surface area contributed by atoms with Gasteiger partial charge in [0.05, 0.1) is 6.54 Å². The maximum atomic E-state index is 12.4. The molecule has 144 valence electrons. The van der Waals surface area contributed by atoms with Gasteiger partial charge in [0.25, 0.3) is 0 Å². The fourth-order valence-electron chi connectivity index (χ4n) is 3.03. The van der Waals surface area contributed by atoms with Crippen LogP contribution in [0.5, 0.6) is 5.75 Å². The number of carbonyl (C=O) groups excluding carboxylic acids is 1. The molecule has 1 amide bonds. The number of carboxylic acids is 1. The number of benzene rings is 1. The predicted molar refractivity (Wildman–Crippen MR) is 98.5 cm³/mol. The number of likely N-dealkylation sites (tertiary alicyclic amines) is 1. The average Bonchev–Trinajstić information content (AvgIpc) is 2.97. The Hall–Kier alpha value is -2.24. The van der Waals surface area contributed by atoms with Gasteiger partial charge in [-0.05, 0) is 44.7 Å². The minimum absolute atomic E-state index is 0.195. The smallest absolute Gasteiger partial charge is 0.411 e. The van der Waals surface area contributed by atoms with Crippen LogP contribution in [0.2, 0.25) is 0 Å².